The Morgan fingerprint density at radius 3 is 2.56 bits per heavy atom. The summed E-state index contributed by atoms with van der Waals surface area (Å²) in [5, 5.41) is 0. The topological polar surface area (TPSA) is 26.3 Å². The van der Waals surface area contributed by atoms with E-state index in [0.717, 1.165) is 12.0 Å². The molecule has 2 nitrogen and oxygen atoms in total. The standard InChI is InChI=1S/C14H18O2/c1-12(2)10-11-16-14(15)9-8-13-6-4-3-5-7-13/h3-7,10H,8-9,11H2,1-2H3. The number of ether oxygens (including phenoxy) is 1. The van der Waals surface area contributed by atoms with Gasteiger partial charge in [0.1, 0.15) is 6.61 Å². The van der Waals surface area contributed by atoms with E-state index >= 15 is 0 Å². The Balaban J connectivity index is 2.23. The van der Waals surface area contributed by atoms with Crippen LogP contribution >= 0.6 is 0 Å². The summed E-state index contributed by atoms with van der Waals surface area (Å²) in [4.78, 5) is 11.3. The molecule has 0 N–H and O–H groups in total. The Kier molecular flexibility index (Phi) is 5.34. The van der Waals surface area contributed by atoms with Gasteiger partial charge in [0.25, 0.3) is 0 Å². The van der Waals surface area contributed by atoms with Gasteiger partial charge >= 0.3 is 5.97 Å². The van der Waals surface area contributed by atoms with Crippen molar-refractivity contribution in [2.45, 2.75) is 26.7 Å². The molecule has 1 rings (SSSR count). The van der Waals surface area contributed by atoms with Gasteiger partial charge < -0.3 is 4.74 Å². The maximum Gasteiger partial charge on any atom is 0.306 e. The maximum absolute atomic E-state index is 11.3. The van der Waals surface area contributed by atoms with Crippen LogP contribution in [0.2, 0.25) is 0 Å². The third kappa shape index (κ3) is 5.35. The highest BCUT2D eigenvalue weighted by atomic mass is 16.5. The van der Waals surface area contributed by atoms with Crippen molar-refractivity contribution in [1.82, 2.24) is 0 Å². The van der Waals surface area contributed by atoms with E-state index in [-0.39, 0.29) is 5.97 Å². The number of allylic oxidation sites excluding steroid dienone is 1. The van der Waals surface area contributed by atoms with Crippen molar-refractivity contribution in [2.75, 3.05) is 6.61 Å². The second-order valence-corrected chi connectivity index (χ2v) is 3.95. The van der Waals surface area contributed by atoms with Crippen LogP contribution in [0.3, 0.4) is 0 Å². The summed E-state index contributed by atoms with van der Waals surface area (Å²) in [7, 11) is 0. The molecule has 0 aliphatic heterocycles. The minimum Gasteiger partial charge on any atom is -0.461 e. The molecule has 0 atom stereocenters. The number of aryl methyl sites for hydroxylation is 1. The van der Waals surface area contributed by atoms with Crippen LogP contribution in [-0.2, 0) is 16.0 Å². The van der Waals surface area contributed by atoms with Crippen LogP contribution in [0.25, 0.3) is 0 Å². The molecule has 0 saturated carbocycles. The predicted octanol–water partition coefficient (Wildman–Crippen LogP) is 3.13. The smallest absolute Gasteiger partial charge is 0.306 e. The highest BCUT2D eigenvalue weighted by molar-refractivity contribution is 5.69. The van der Waals surface area contributed by atoms with Crippen molar-refractivity contribution in [3.8, 4) is 0 Å². The molecular formula is C14H18O2. The number of hydrogen-bond acceptors (Lipinski definition) is 2. The lowest BCUT2D eigenvalue weighted by Crippen LogP contribution is -2.05. The molecule has 86 valence electrons. The molecule has 1 aromatic rings. The summed E-state index contributed by atoms with van der Waals surface area (Å²) in [5.41, 5.74) is 2.33. The number of carbonyl (C=O) groups is 1. The Hall–Kier alpha value is -1.57. The van der Waals surface area contributed by atoms with Gasteiger partial charge in [-0.15, -0.1) is 0 Å². The van der Waals surface area contributed by atoms with E-state index in [4.69, 9.17) is 4.74 Å². The summed E-state index contributed by atoms with van der Waals surface area (Å²) < 4.78 is 5.06. The Morgan fingerprint density at radius 1 is 1.25 bits per heavy atom. The molecule has 0 heterocycles. The Labute approximate surface area is 96.9 Å². The normalized spacial score (nSPS) is 9.62. The van der Waals surface area contributed by atoms with Crippen LogP contribution in [0, 0.1) is 0 Å². The average molecular weight is 218 g/mol. The fourth-order valence-electron chi connectivity index (χ4n) is 1.26. The highest BCUT2D eigenvalue weighted by Crippen LogP contribution is 2.03. The second kappa shape index (κ2) is 6.83. The predicted molar refractivity (Wildman–Crippen MR) is 65.2 cm³/mol. The van der Waals surface area contributed by atoms with Crippen LogP contribution in [0.1, 0.15) is 25.8 Å². The zero-order valence-corrected chi connectivity index (χ0v) is 9.90. The number of hydrogen-bond donors (Lipinski definition) is 0. The molecule has 0 radical (unpaired) electrons. The number of carbonyl (C=O) groups excluding carboxylic acids is 1. The maximum atomic E-state index is 11.3. The number of benzene rings is 1. The molecule has 0 unspecified atom stereocenters. The molecule has 0 aromatic heterocycles. The fraction of sp³-hybridized carbons (Fsp3) is 0.357. The zero-order chi connectivity index (χ0) is 11.8. The molecule has 0 bridgehead atoms. The largest absolute Gasteiger partial charge is 0.461 e. The van der Waals surface area contributed by atoms with Crippen molar-refractivity contribution in [3.05, 3.63) is 47.5 Å². The van der Waals surface area contributed by atoms with E-state index in [1.165, 1.54) is 5.56 Å². The molecule has 1 aromatic carbocycles. The number of rotatable bonds is 5. The zero-order valence-electron chi connectivity index (χ0n) is 9.90. The summed E-state index contributed by atoms with van der Waals surface area (Å²) >= 11 is 0. The van der Waals surface area contributed by atoms with Crippen LogP contribution in [0.5, 0.6) is 0 Å². The second-order valence-electron chi connectivity index (χ2n) is 3.95. The van der Waals surface area contributed by atoms with Gasteiger partial charge in [-0.05, 0) is 31.9 Å². The monoisotopic (exact) mass is 218 g/mol. The Bertz CT molecular complexity index is 348. The fourth-order valence-corrected chi connectivity index (χ4v) is 1.26. The van der Waals surface area contributed by atoms with Gasteiger partial charge in [-0.3, -0.25) is 4.79 Å². The van der Waals surface area contributed by atoms with Crippen molar-refractivity contribution >= 4 is 5.97 Å². The average Bonchev–Trinajstić information content (AvgIpc) is 2.27. The lowest BCUT2D eigenvalue weighted by Gasteiger charge is -2.02. The third-order valence-electron chi connectivity index (χ3n) is 2.20. The SMILES string of the molecule is CC(C)=CCOC(=O)CCc1ccccc1. The molecule has 16 heavy (non-hydrogen) atoms. The third-order valence-corrected chi connectivity index (χ3v) is 2.20. The van der Waals surface area contributed by atoms with Crippen molar-refractivity contribution in [1.29, 1.82) is 0 Å². The van der Waals surface area contributed by atoms with E-state index in [9.17, 15) is 4.79 Å². The van der Waals surface area contributed by atoms with Gasteiger partial charge in [-0.25, -0.2) is 0 Å². The van der Waals surface area contributed by atoms with Gasteiger partial charge in [-0.1, -0.05) is 35.9 Å². The summed E-state index contributed by atoms with van der Waals surface area (Å²) in [6.45, 7) is 4.35. The van der Waals surface area contributed by atoms with E-state index < -0.39 is 0 Å². The molecule has 2 heteroatoms. The van der Waals surface area contributed by atoms with E-state index in [1.807, 2.05) is 50.3 Å². The summed E-state index contributed by atoms with van der Waals surface area (Å²) in [6, 6.07) is 9.96. The Morgan fingerprint density at radius 2 is 1.94 bits per heavy atom. The molecule has 0 fully saturated rings. The summed E-state index contributed by atoms with van der Waals surface area (Å²) in [6.07, 6.45) is 3.09. The first-order valence-electron chi connectivity index (χ1n) is 5.51. The minimum atomic E-state index is -0.138. The van der Waals surface area contributed by atoms with Crippen LogP contribution in [0.15, 0.2) is 42.0 Å². The van der Waals surface area contributed by atoms with Crippen molar-refractivity contribution < 1.29 is 9.53 Å². The van der Waals surface area contributed by atoms with Gasteiger partial charge in [0.2, 0.25) is 0 Å². The molecular weight excluding hydrogens is 200 g/mol. The molecule has 0 spiro atoms. The highest BCUT2D eigenvalue weighted by Gasteiger charge is 2.02. The van der Waals surface area contributed by atoms with E-state index in [0.29, 0.717) is 13.0 Å². The lowest BCUT2D eigenvalue weighted by atomic mass is 10.1. The van der Waals surface area contributed by atoms with Gasteiger partial charge in [0.05, 0.1) is 0 Å². The van der Waals surface area contributed by atoms with E-state index in [2.05, 4.69) is 0 Å². The van der Waals surface area contributed by atoms with Gasteiger partial charge in [0.15, 0.2) is 0 Å². The van der Waals surface area contributed by atoms with E-state index in [1.54, 1.807) is 0 Å². The molecule has 0 aliphatic carbocycles. The van der Waals surface area contributed by atoms with Crippen LogP contribution in [0.4, 0.5) is 0 Å². The molecule has 0 amide bonds. The van der Waals surface area contributed by atoms with Crippen molar-refractivity contribution in [3.63, 3.8) is 0 Å². The van der Waals surface area contributed by atoms with Crippen molar-refractivity contribution in [2.24, 2.45) is 0 Å². The first-order valence-corrected chi connectivity index (χ1v) is 5.51. The lowest BCUT2D eigenvalue weighted by molar-refractivity contribution is -0.142. The number of esters is 1. The quantitative estimate of drug-likeness (QED) is 0.560. The van der Waals surface area contributed by atoms with Crippen LogP contribution in [-0.4, -0.2) is 12.6 Å². The minimum absolute atomic E-state index is 0.138. The first kappa shape index (κ1) is 12.5. The molecule has 0 aliphatic rings. The van der Waals surface area contributed by atoms with Crippen LogP contribution < -0.4 is 0 Å². The van der Waals surface area contributed by atoms with Gasteiger partial charge in [-0.2, -0.15) is 0 Å². The summed E-state index contributed by atoms with van der Waals surface area (Å²) in [5.74, 6) is -0.138. The van der Waals surface area contributed by atoms with Gasteiger partial charge in [0, 0.05) is 6.42 Å². The first-order chi connectivity index (χ1) is 7.68. The molecule has 0 saturated heterocycles.